The number of hydrogen-bond acceptors (Lipinski definition) is 0. The van der Waals surface area contributed by atoms with E-state index < -0.39 is 0 Å². The van der Waals surface area contributed by atoms with Gasteiger partial charge in [-0.05, 0) is 0 Å². The molecule has 0 heterocycles. The third-order valence-electron chi connectivity index (χ3n) is 2.60. The molecule has 0 aliphatic carbocycles. The molecule has 0 saturated carbocycles. The third-order valence-corrected chi connectivity index (χ3v) is 2.60. The zero-order valence-electron chi connectivity index (χ0n) is 11.1. The minimum atomic E-state index is 0. The van der Waals surface area contributed by atoms with Crippen LogP contribution in [0.15, 0.2) is 0 Å². The van der Waals surface area contributed by atoms with Gasteiger partial charge in [-0.25, -0.2) is 0 Å². The average Bonchev–Trinajstić information content (AvgIpc) is 1.44. The zero-order chi connectivity index (χ0) is 11.1. The number of hydrogen-bond donors (Lipinski definition) is 0. The van der Waals surface area contributed by atoms with Crippen molar-refractivity contribution in [3.63, 3.8) is 0 Å². The van der Waals surface area contributed by atoms with Crippen LogP contribution in [0.25, 0.3) is 0 Å². The molecule has 0 nitrogen and oxygen atoms in total. The molecule has 0 rings (SSSR count). The van der Waals surface area contributed by atoms with Gasteiger partial charge in [0.1, 0.15) is 0 Å². The molecule has 0 aliphatic rings. The fourth-order valence-electron chi connectivity index (χ4n) is 3.90. The van der Waals surface area contributed by atoms with E-state index in [0.717, 1.165) is 6.71 Å². The van der Waals surface area contributed by atoms with Gasteiger partial charge < -0.3 is 0 Å². The monoisotopic (exact) mass is 222 g/mol. The molecule has 0 bridgehead atoms. The zero-order valence-corrected chi connectivity index (χ0v) is 11.1. The van der Waals surface area contributed by atoms with Gasteiger partial charge in [0, 0.05) is 0 Å². The Kier molecular flexibility index (Phi) is 6.91. The van der Waals surface area contributed by atoms with Gasteiger partial charge in [-0.3, -0.25) is 0 Å². The molecule has 80 valence electrons. The molecule has 0 atom stereocenters. The van der Waals surface area contributed by atoms with Gasteiger partial charge in [0.05, 0.1) is 0 Å². The first-order chi connectivity index (χ1) is 5.37. The second-order valence-corrected chi connectivity index (χ2v) is 7.53. The average molecular weight is 222 g/mol. The van der Waals surface area contributed by atoms with Crippen molar-refractivity contribution in [1.82, 2.24) is 0 Å². The molecule has 14 heavy (non-hydrogen) atoms. The van der Waals surface area contributed by atoms with Crippen LogP contribution in [0.4, 0.5) is 0 Å². The molecule has 0 aromatic carbocycles. The second kappa shape index (κ2) is 5.36. The first-order valence-electron chi connectivity index (χ1n) is 5.37. The molecule has 0 spiro atoms. The van der Waals surface area contributed by atoms with E-state index in [1.807, 2.05) is 0 Å². The summed E-state index contributed by atoms with van der Waals surface area (Å²) in [7, 11) is 0. The molecule has 0 radical (unpaired) electrons. The van der Waals surface area contributed by atoms with Crippen molar-refractivity contribution < 1.29 is 0 Å². The van der Waals surface area contributed by atoms with Crippen LogP contribution >= 0.6 is 0 Å². The third kappa shape index (κ3) is 5.69. The predicted octanol–water partition coefficient (Wildman–Crippen LogP) is 4.23. The molecule has 0 saturated heterocycles. The van der Waals surface area contributed by atoms with Gasteiger partial charge >= 0.3 is 51.4 Å². The SMILES string of the molecule is CC(C)(C)B(C(C)(C)C)C(C)(C)C.[KH]. The summed E-state index contributed by atoms with van der Waals surface area (Å²) in [5.74, 6) is 0. The van der Waals surface area contributed by atoms with E-state index >= 15 is 0 Å². The summed E-state index contributed by atoms with van der Waals surface area (Å²) in [4.78, 5) is 0. The molecular weight excluding hydrogens is 194 g/mol. The van der Waals surface area contributed by atoms with E-state index in [0.29, 0.717) is 15.9 Å². The van der Waals surface area contributed by atoms with E-state index in [9.17, 15) is 0 Å². The molecule has 0 N–H and O–H groups in total. The van der Waals surface area contributed by atoms with Gasteiger partial charge in [0.2, 0.25) is 0 Å². The van der Waals surface area contributed by atoms with Crippen LogP contribution < -0.4 is 0 Å². The van der Waals surface area contributed by atoms with Crippen LogP contribution in [0.2, 0.25) is 15.9 Å². The van der Waals surface area contributed by atoms with E-state index in [1.165, 1.54) is 0 Å². The summed E-state index contributed by atoms with van der Waals surface area (Å²) in [6.07, 6.45) is 0. The van der Waals surface area contributed by atoms with Crippen LogP contribution in [-0.2, 0) is 0 Å². The molecule has 0 aliphatic heterocycles. The van der Waals surface area contributed by atoms with E-state index in [2.05, 4.69) is 62.3 Å². The van der Waals surface area contributed by atoms with Gasteiger partial charge in [0.15, 0.2) is 6.71 Å². The van der Waals surface area contributed by atoms with Crippen molar-refractivity contribution in [2.45, 2.75) is 78.3 Å². The van der Waals surface area contributed by atoms with Crippen molar-refractivity contribution in [2.75, 3.05) is 0 Å². The van der Waals surface area contributed by atoms with Crippen LogP contribution in [0.3, 0.4) is 0 Å². The Hall–Kier alpha value is 1.70. The topological polar surface area (TPSA) is 0 Å². The molecular formula is C12H28BK. The summed E-state index contributed by atoms with van der Waals surface area (Å²) in [5, 5.41) is 1.16. The molecule has 0 aromatic rings. The summed E-state index contributed by atoms with van der Waals surface area (Å²) >= 11 is 0. The molecule has 0 unspecified atom stereocenters. The summed E-state index contributed by atoms with van der Waals surface area (Å²) in [6, 6.07) is 0. The van der Waals surface area contributed by atoms with Crippen LogP contribution in [0.1, 0.15) is 62.3 Å². The summed E-state index contributed by atoms with van der Waals surface area (Å²) in [6.45, 7) is 21.9. The number of rotatable bonds is 0. The Bertz CT molecular complexity index is 133. The molecule has 2 heteroatoms. The van der Waals surface area contributed by atoms with Gasteiger partial charge in [0.25, 0.3) is 0 Å². The standard InChI is InChI=1S/C12H27B.K.H/c1-10(2,3)13(11(4,5)6)12(7,8)9;;/h1-9H3;;. The fraction of sp³-hybridized carbons (Fsp3) is 1.00. The Labute approximate surface area is 134 Å². The van der Waals surface area contributed by atoms with Gasteiger partial charge in [-0.15, -0.1) is 0 Å². The maximum atomic E-state index is 2.36. The van der Waals surface area contributed by atoms with Crippen molar-refractivity contribution in [3.8, 4) is 0 Å². The van der Waals surface area contributed by atoms with Crippen molar-refractivity contribution >= 4 is 58.1 Å². The first kappa shape index (κ1) is 18.1. The Morgan fingerprint density at radius 3 is 0.643 bits per heavy atom. The minimum absolute atomic E-state index is 0. The molecule has 0 amide bonds. The second-order valence-electron chi connectivity index (χ2n) is 7.53. The maximum absolute atomic E-state index is 2.36. The van der Waals surface area contributed by atoms with Gasteiger partial charge in [-0.1, -0.05) is 78.3 Å². The Morgan fingerprint density at radius 1 is 0.500 bits per heavy atom. The normalized spacial score (nSPS) is 13.5. The van der Waals surface area contributed by atoms with Crippen molar-refractivity contribution in [2.24, 2.45) is 0 Å². The van der Waals surface area contributed by atoms with Crippen LogP contribution in [-0.4, -0.2) is 58.1 Å². The van der Waals surface area contributed by atoms with E-state index in [1.54, 1.807) is 0 Å². The van der Waals surface area contributed by atoms with Crippen LogP contribution in [0, 0.1) is 0 Å². The van der Waals surface area contributed by atoms with E-state index in [-0.39, 0.29) is 51.4 Å². The van der Waals surface area contributed by atoms with Crippen molar-refractivity contribution in [3.05, 3.63) is 0 Å². The van der Waals surface area contributed by atoms with E-state index in [4.69, 9.17) is 0 Å². The van der Waals surface area contributed by atoms with Crippen molar-refractivity contribution in [1.29, 1.82) is 0 Å². The Balaban J connectivity index is 0. The summed E-state index contributed by atoms with van der Waals surface area (Å²) in [5.41, 5.74) is 0. The Morgan fingerprint density at radius 2 is 0.643 bits per heavy atom. The molecule has 0 aromatic heterocycles. The predicted molar refractivity (Wildman–Crippen MR) is 72.0 cm³/mol. The first-order valence-corrected chi connectivity index (χ1v) is 5.37. The summed E-state index contributed by atoms with van der Waals surface area (Å²) < 4.78 is 0. The molecule has 0 fully saturated rings. The fourth-order valence-corrected chi connectivity index (χ4v) is 3.90. The van der Waals surface area contributed by atoms with Gasteiger partial charge in [-0.2, -0.15) is 0 Å². The quantitative estimate of drug-likeness (QED) is 0.538. The van der Waals surface area contributed by atoms with Crippen LogP contribution in [0.5, 0.6) is 0 Å².